The van der Waals surface area contributed by atoms with Crippen LogP contribution in [0.15, 0.2) is 41.6 Å². The Balaban J connectivity index is 1.57. The molecule has 29 heavy (non-hydrogen) atoms. The molecule has 1 aliphatic rings. The van der Waals surface area contributed by atoms with E-state index in [1.807, 2.05) is 46.7 Å². The molecule has 1 N–H and O–H groups in total. The molecule has 1 amide bonds. The first-order valence-corrected chi connectivity index (χ1v) is 11.1. The van der Waals surface area contributed by atoms with Gasteiger partial charge in [0, 0.05) is 19.1 Å². The van der Waals surface area contributed by atoms with Crippen LogP contribution in [0.4, 0.5) is 0 Å². The Morgan fingerprint density at radius 2 is 1.97 bits per heavy atom. The fourth-order valence-corrected chi connectivity index (χ4v) is 4.85. The number of hydrogen-bond donors (Lipinski definition) is 1. The monoisotopic (exact) mass is 410 g/mol. The summed E-state index contributed by atoms with van der Waals surface area (Å²) in [5, 5.41) is 21.9. The molecule has 0 radical (unpaired) electrons. The minimum Gasteiger partial charge on any atom is -0.507 e. The molecule has 1 fully saturated rings. The number of nitrogens with zero attached hydrogens (tertiary/aromatic N) is 4. The quantitative estimate of drug-likeness (QED) is 0.635. The van der Waals surface area contributed by atoms with Gasteiger partial charge >= 0.3 is 0 Å². The largest absolute Gasteiger partial charge is 0.507 e. The predicted molar refractivity (Wildman–Crippen MR) is 116 cm³/mol. The van der Waals surface area contributed by atoms with Crippen LogP contribution in [0.25, 0.3) is 22.2 Å². The summed E-state index contributed by atoms with van der Waals surface area (Å²) in [6.07, 6.45) is 3.35. The number of phenolic OH excluding ortho intramolecular Hbond substituents is 1. The zero-order chi connectivity index (χ0) is 20.4. The topological polar surface area (TPSA) is 71.2 Å². The van der Waals surface area contributed by atoms with Crippen LogP contribution in [-0.4, -0.2) is 49.0 Å². The van der Waals surface area contributed by atoms with Crippen molar-refractivity contribution in [2.45, 2.75) is 50.9 Å². The Bertz CT molecular complexity index is 1030. The van der Waals surface area contributed by atoms with E-state index in [0.29, 0.717) is 34.9 Å². The molecular formula is C22H26N4O2S. The molecule has 0 saturated carbocycles. The van der Waals surface area contributed by atoms with Crippen molar-refractivity contribution in [3.63, 3.8) is 0 Å². The zero-order valence-electron chi connectivity index (χ0n) is 16.8. The molecule has 0 spiro atoms. The summed E-state index contributed by atoms with van der Waals surface area (Å²) in [4.78, 5) is 14.7. The Kier molecular flexibility index (Phi) is 5.76. The number of amides is 1. The van der Waals surface area contributed by atoms with E-state index in [-0.39, 0.29) is 11.7 Å². The number of likely N-dealkylation sites (tertiary alicyclic amines) is 1. The van der Waals surface area contributed by atoms with E-state index < -0.39 is 0 Å². The predicted octanol–water partition coefficient (Wildman–Crippen LogP) is 4.32. The standard InChI is InChI=1S/C22H26N4O2S/c1-3-25-21(18-12-16-9-4-5-10-17(16)13-19(18)27)23-24-22(25)29-14-20(28)26-11-7-6-8-15(26)2/h4-5,9-10,12-13,15,27H,3,6-8,11,14H2,1-2H3/t15-/m0/s1. The van der Waals surface area contributed by atoms with Gasteiger partial charge in [0.2, 0.25) is 5.91 Å². The van der Waals surface area contributed by atoms with Crippen molar-refractivity contribution < 1.29 is 9.90 Å². The van der Waals surface area contributed by atoms with E-state index in [2.05, 4.69) is 17.1 Å². The first kappa shape index (κ1) is 19.8. The van der Waals surface area contributed by atoms with Gasteiger partial charge in [0.1, 0.15) is 5.75 Å². The van der Waals surface area contributed by atoms with Crippen molar-refractivity contribution in [2.24, 2.45) is 0 Å². The highest BCUT2D eigenvalue weighted by molar-refractivity contribution is 7.99. The average molecular weight is 411 g/mol. The Labute approximate surface area is 174 Å². The third kappa shape index (κ3) is 3.96. The van der Waals surface area contributed by atoms with Crippen LogP contribution in [0.2, 0.25) is 0 Å². The summed E-state index contributed by atoms with van der Waals surface area (Å²) in [7, 11) is 0. The third-order valence-corrected chi connectivity index (χ3v) is 6.54. The number of aromatic hydroxyl groups is 1. The molecule has 4 rings (SSSR count). The fraction of sp³-hybridized carbons (Fsp3) is 0.409. The molecule has 7 heteroatoms. The molecule has 2 heterocycles. The number of carbonyl (C=O) groups is 1. The number of hydrogen-bond acceptors (Lipinski definition) is 5. The first-order valence-electron chi connectivity index (χ1n) is 10.2. The van der Waals surface area contributed by atoms with Crippen LogP contribution in [0.1, 0.15) is 33.1 Å². The first-order chi connectivity index (χ1) is 14.1. The van der Waals surface area contributed by atoms with Crippen LogP contribution in [0, 0.1) is 0 Å². The van der Waals surface area contributed by atoms with Gasteiger partial charge in [0.15, 0.2) is 11.0 Å². The number of fused-ring (bicyclic) bond motifs is 1. The molecule has 152 valence electrons. The summed E-state index contributed by atoms with van der Waals surface area (Å²) in [5.74, 6) is 1.31. The number of phenols is 1. The van der Waals surface area contributed by atoms with E-state index >= 15 is 0 Å². The van der Waals surface area contributed by atoms with Crippen molar-refractivity contribution in [2.75, 3.05) is 12.3 Å². The summed E-state index contributed by atoms with van der Waals surface area (Å²) < 4.78 is 1.96. The summed E-state index contributed by atoms with van der Waals surface area (Å²) in [6.45, 7) is 5.64. The van der Waals surface area contributed by atoms with Crippen LogP contribution in [0.5, 0.6) is 5.75 Å². The lowest BCUT2D eigenvalue weighted by atomic mass is 10.0. The molecule has 2 aromatic carbocycles. The molecule has 1 aromatic heterocycles. The van der Waals surface area contributed by atoms with Gasteiger partial charge in [0.25, 0.3) is 0 Å². The lowest BCUT2D eigenvalue weighted by Gasteiger charge is -2.33. The number of carbonyl (C=O) groups excluding carboxylic acids is 1. The number of aromatic nitrogens is 3. The van der Waals surface area contributed by atoms with E-state index in [1.165, 1.54) is 18.2 Å². The number of thioether (sulfide) groups is 1. The van der Waals surface area contributed by atoms with Crippen LogP contribution in [-0.2, 0) is 11.3 Å². The number of rotatable bonds is 5. The summed E-state index contributed by atoms with van der Waals surface area (Å²) >= 11 is 1.42. The second kappa shape index (κ2) is 8.45. The summed E-state index contributed by atoms with van der Waals surface area (Å²) in [6, 6.07) is 11.9. The SMILES string of the molecule is CCn1c(SCC(=O)N2CCCC[C@@H]2C)nnc1-c1cc2ccccc2cc1O. The van der Waals surface area contributed by atoms with E-state index in [4.69, 9.17) is 0 Å². The molecule has 0 unspecified atom stereocenters. The summed E-state index contributed by atoms with van der Waals surface area (Å²) in [5.41, 5.74) is 0.654. The molecule has 0 bridgehead atoms. The van der Waals surface area contributed by atoms with Crippen molar-refractivity contribution in [3.05, 3.63) is 36.4 Å². The second-order valence-electron chi connectivity index (χ2n) is 7.49. The van der Waals surface area contributed by atoms with Crippen LogP contribution in [0.3, 0.4) is 0 Å². The molecule has 1 atom stereocenters. The molecule has 1 saturated heterocycles. The maximum Gasteiger partial charge on any atom is 0.233 e. The van der Waals surface area contributed by atoms with Gasteiger partial charge in [-0.25, -0.2) is 0 Å². The second-order valence-corrected chi connectivity index (χ2v) is 8.43. The lowest BCUT2D eigenvalue weighted by molar-refractivity contribution is -0.131. The molecular weight excluding hydrogens is 384 g/mol. The van der Waals surface area contributed by atoms with E-state index in [9.17, 15) is 9.90 Å². The van der Waals surface area contributed by atoms with Crippen molar-refractivity contribution in [1.29, 1.82) is 0 Å². The van der Waals surface area contributed by atoms with E-state index in [0.717, 1.165) is 30.2 Å². The van der Waals surface area contributed by atoms with Gasteiger partial charge in [-0.2, -0.15) is 0 Å². The highest BCUT2D eigenvalue weighted by atomic mass is 32.2. The molecule has 1 aliphatic heterocycles. The van der Waals surface area contributed by atoms with Gasteiger partial charge in [0.05, 0.1) is 11.3 Å². The zero-order valence-corrected chi connectivity index (χ0v) is 17.7. The number of piperidine rings is 1. The Morgan fingerprint density at radius 3 is 2.69 bits per heavy atom. The van der Waals surface area contributed by atoms with Gasteiger partial charge in [-0.3, -0.25) is 4.79 Å². The Morgan fingerprint density at radius 1 is 1.21 bits per heavy atom. The Hall–Kier alpha value is -2.54. The van der Waals surface area contributed by atoms with Crippen molar-refractivity contribution >= 4 is 28.4 Å². The maximum absolute atomic E-state index is 12.7. The van der Waals surface area contributed by atoms with Gasteiger partial charge in [-0.05, 0) is 56.0 Å². The maximum atomic E-state index is 12.7. The smallest absolute Gasteiger partial charge is 0.233 e. The fourth-order valence-electron chi connectivity index (χ4n) is 3.96. The lowest BCUT2D eigenvalue weighted by Crippen LogP contribution is -2.43. The van der Waals surface area contributed by atoms with Crippen molar-refractivity contribution in [1.82, 2.24) is 19.7 Å². The molecule has 3 aromatic rings. The average Bonchev–Trinajstić information content (AvgIpc) is 3.14. The normalized spacial score (nSPS) is 17.0. The van der Waals surface area contributed by atoms with Gasteiger partial charge < -0.3 is 14.6 Å². The highest BCUT2D eigenvalue weighted by Crippen LogP contribution is 2.34. The minimum atomic E-state index is 0.156. The van der Waals surface area contributed by atoms with Crippen LogP contribution < -0.4 is 0 Å². The van der Waals surface area contributed by atoms with Gasteiger partial charge in [-0.15, -0.1) is 10.2 Å². The van der Waals surface area contributed by atoms with E-state index in [1.54, 1.807) is 6.07 Å². The van der Waals surface area contributed by atoms with Crippen molar-refractivity contribution in [3.8, 4) is 17.1 Å². The van der Waals surface area contributed by atoms with Gasteiger partial charge in [-0.1, -0.05) is 36.0 Å². The molecule has 6 nitrogen and oxygen atoms in total. The minimum absolute atomic E-state index is 0.156. The third-order valence-electron chi connectivity index (χ3n) is 5.59. The molecule has 0 aliphatic carbocycles. The van der Waals surface area contributed by atoms with Crippen LogP contribution >= 0.6 is 11.8 Å². The number of benzene rings is 2. The highest BCUT2D eigenvalue weighted by Gasteiger charge is 2.24.